The summed E-state index contributed by atoms with van der Waals surface area (Å²) in [6.07, 6.45) is -0.481. The van der Waals surface area contributed by atoms with Gasteiger partial charge in [-0.3, -0.25) is 9.69 Å². The molecule has 2 aliphatic rings. The molecule has 1 spiro atoms. The van der Waals surface area contributed by atoms with Gasteiger partial charge in [-0.25, -0.2) is 13.2 Å². The van der Waals surface area contributed by atoms with Crippen molar-refractivity contribution in [2.45, 2.75) is 24.4 Å². The monoisotopic (exact) mass is 325 g/mol. The first kappa shape index (κ1) is 16.3. The van der Waals surface area contributed by atoms with Gasteiger partial charge in [0.1, 0.15) is 13.7 Å². The Hall–Kier alpha value is -1.54. The summed E-state index contributed by atoms with van der Waals surface area (Å²) in [5.74, 6) is -4.45. The molecule has 1 saturated carbocycles. The highest BCUT2D eigenvalue weighted by Gasteiger charge is 2.73. The summed E-state index contributed by atoms with van der Waals surface area (Å²) in [4.78, 5) is 12.8. The van der Waals surface area contributed by atoms with Crippen molar-refractivity contribution in [2.75, 3.05) is 26.9 Å². The molecule has 1 fully saturated rings. The summed E-state index contributed by atoms with van der Waals surface area (Å²) in [5.41, 5.74) is -1.59. The average molecular weight is 325 g/mol. The zero-order valence-corrected chi connectivity index (χ0v) is 12.6. The van der Waals surface area contributed by atoms with Gasteiger partial charge in [0.25, 0.3) is 5.92 Å². The molecular formula is C15H15BF3NO3. The van der Waals surface area contributed by atoms with Crippen LogP contribution in [0, 0.1) is 5.82 Å². The first-order chi connectivity index (χ1) is 10.8. The molecule has 1 heterocycles. The van der Waals surface area contributed by atoms with Crippen molar-refractivity contribution in [3.63, 3.8) is 0 Å². The van der Waals surface area contributed by atoms with Crippen LogP contribution in [0.15, 0.2) is 12.1 Å². The van der Waals surface area contributed by atoms with Gasteiger partial charge in [-0.15, -0.1) is 0 Å². The lowest BCUT2D eigenvalue weighted by atomic mass is 9.83. The number of halogens is 3. The number of nitrogens with zero attached hydrogens (tertiary/aromatic N) is 1. The van der Waals surface area contributed by atoms with Gasteiger partial charge in [-0.2, -0.15) is 0 Å². The van der Waals surface area contributed by atoms with Gasteiger partial charge in [0, 0.05) is 18.5 Å². The molecule has 1 aromatic rings. The highest BCUT2D eigenvalue weighted by Crippen LogP contribution is 2.63. The minimum Gasteiger partial charge on any atom is -0.468 e. The fourth-order valence-electron chi connectivity index (χ4n) is 3.19. The molecule has 0 bridgehead atoms. The molecule has 1 unspecified atom stereocenters. The summed E-state index contributed by atoms with van der Waals surface area (Å²) in [5, 5.41) is 0. The van der Waals surface area contributed by atoms with Crippen LogP contribution in [0.3, 0.4) is 0 Å². The largest absolute Gasteiger partial charge is 0.468 e. The minimum absolute atomic E-state index is 0.0155. The molecule has 1 atom stereocenters. The van der Waals surface area contributed by atoms with Crippen LogP contribution >= 0.6 is 0 Å². The number of carbonyl (C=O) groups is 1. The van der Waals surface area contributed by atoms with Crippen LogP contribution in [-0.4, -0.2) is 51.6 Å². The number of rotatable bonds is 2. The van der Waals surface area contributed by atoms with Crippen LogP contribution in [0.2, 0.25) is 0 Å². The van der Waals surface area contributed by atoms with E-state index in [-0.39, 0.29) is 37.5 Å². The third-order valence-corrected chi connectivity index (χ3v) is 4.44. The van der Waals surface area contributed by atoms with Crippen molar-refractivity contribution in [3.8, 4) is 0 Å². The molecule has 3 rings (SSSR count). The van der Waals surface area contributed by atoms with E-state index in [1.165, 1.54) is 24.1 Å². The maximum atomic E-state index is 14.5. The Morgan fingerprint density at radius 2 is 2.17 bits per heavy atom. The lowest BCUT2D eigenvalue weighted by molar-refractivity contribution is -0.144. The predicted octanol–water partition coefficient (Wildman–Crippen LogP) is 0.859. The zero-order chi connectivity index (χ0) is 16.8. The Morgan fingerprint density at radius 3 is 2.78 bits per heavy atom. The molecule has 0 saturated heterocycles. The van der Waals surface area contributed by atoms with E-state index in [4.69, 9.17) is 12.6 Å². The molecule has 2 radical (unpaired) electrons. The topological polar surface area (TPSA) is 38.8 Å². The molecule has 8 heteroatoms. The van der Waals surface area contributed by atoms with E-state index in [9.17, 15) is 18.0 Å². The van der Waals surface area contributed by atoms with E-state index in [0.29, 0.717) is 5.56 Å². The summed E-state index contributed by atoms with van der Waals surface area (Å²) in [7, 11) is 6.77. The third kappa shape index (κ3) is 2.63. The van der Waals surface area contributed by atoms with E-state index in [2.05, 4.69) is 4.74 Å². The molecule has 0 N–H and O–H groups in total. The molecule has 122 valence electrons. The van der Waals surface area contributed by atoms with E-state index in [0.717, 1.165) is 0 Å². The Morgan fingerprint density at radius 1 is 1.48 bits per heavy atom. The Labute approximate surface area is 133 Å². The number of carbonyl (C=O) groups excluding carboxylic acids is 1. The van der Waals surface area contributed by atoms with Crippen LogP contribution in [0.4, 0.5) is 13.2 Å². The third-order valence-electron chi connectivity index (χ3n) is 4.44. The fraction of sp³-hybridized carbons (Fsp3) is 0.533. The number of methoxy groups -OCH3 is 1. The summed E-state index contributed by atoms with van der Waals surface area (Å²) in [6, 6.07) is 2.86. The van der Waals surface area contributed by atoms with Gasteiger partial charge in [0.2, 0.25) is 0 Å². The molecule has 23 heavy (non-hydrogen) atoms. The van der Waals surface area contributed by atoms with Crippen molar-refractivity contribution >= 4 is 19.3 Å². The van der Waals surface area contributed by atoms with Crippen molar-refractivity contribution in [1.29, 1.82) is 0 Å². The molecule has 4 nitrogen and oxygen atoms in total. The molecule has 1 aliphatic heterocycles. The van der Waals surface area contributed by atoms with Crippen molar-refractivity contribution in [3.05, 3.63) is 29.1 Å². The van der Waals surface area contributed by atoms with Crippen molar-refractivity contribution in [1.82, 2.24) is 4.90 Å². The number of hydrogen-bond donors (Lipinski definition) is 0. The fourth-order valence-corrected chi connectivity index (χ4v) is 3.19. The van der Waals surface area contributed by atoms with Crippen LogP contribution in [0.1, 0.15) is 17.5 Å². The Kier molecular flexibility index (Phi) is 3.92. The minimum atomic E-state index is -3.05. The molecular weight excluding hydrogens is 310 g/mol. The van der Waals surface area contributed by atoms with Gasteiger partial charge >= 0.3 is 5.97 Å². The molecule has 1 aliphatic carbocycles. The van der Waals surface area contributed by atoms with Crippen LogP contribution in [-0.2, 0) is 26.3 Å². The van der Waals surface area contributed by atoms with E-state index < -0.39 is 29.5 Å². The highest BCUT2D eigenvalue weighted by molar-refractivity contribution is 6.32. The molecule has 0 aromatic heterocycles. The second kappa shape index (κ2) is 5.52. The van der Waals surface area contributed by atoms with Crippen molar-refractivity contribution in [2.24, 2.45) is 0 Å². The normalized spacial score (nSPS) is 26.3. The number of hydrogen-bond acceptors (Lipinski definition) is 4. The Balaban J connectivity index is 2.02. The van der Waals surface area contributed by atoms with Gasteiger partial charge in [-0.05, 0) is 5.56 Å². The van der Waals surface area contributed by atoms with E-state index in [1.807, 2.05) is 0 Å². The standard InChI is InChI=1S/C15H15BF3NO3/c1-22-11(21)4-20-7-14(6-15(14,18)19)12-9(5-23-8-20)2-3-10(16)13(12)17/h2-3H,4-8H2,1H3. The maximum Gasteiger partial charge on any atom is 0.319 e. The van der Waals surface area contributed by atoms with Gasteiger partial charge in [0.15, 0.2) is 0 Å². The smallest absolute Gasteiger partial charge is 0.319 e. The Bertz CT molecular complexity index is 655. The van der Waals surface area contributed by atoms with Gasteiger partial charge in [-0.1, -0.05) is 17.6 Å². The van der Waals surface area contributed by atoms with Gasteiger partial charge < -0.3 is 9.47 Å². The second-order valence-electron chi connectivity index (χ2n) is 6.01. The first-order valence-electron chi connectivity index (χ1n) is 7.13. The van der Waals surface area contributed by atoms with Gasteiger partial charge in [0.05, 0.1) is 32.4 Å². The lowest BCUT2D eigenvalue weighted by Crippen LogP contribution is -2.43. The number of fused-ring (bicyclic) bond motifs is 2. The lowest BCUT2D eigenvalue weighted by Gasteiger charge is -2.31. The van der Waals surface area contributed by atoms with E-state index in [1.54, 1.807) is 0 Å². The number of alkyl halides is 2. The SMILES string of the molecule is [B]c1ccc2c(c1F)C1(CN(CC(=O)OC)COC2)CC1(F)F. The van der Waals surface area contributed by atoms with Crippen LogP contribution < -0.4 is 5.46 Å². The maximum absolute atomic E-state index is 14.5. The molecule has 1 aromatic carbocycles. The number of ether oxygens (including phenoxy) is 2. The van der Waals surface area contributed by atoms with Crippen LogP contribution in [0.25, 0.3) is 0 Å². The zero-order valence-electron chi connectivity index (χ0n) is 12.6. The molecule has 0 amide bonds. The van der Waals surface area contributed by atoms with Crippen LogP contribution in [0.5, 0.6) is 0 Å². The predicted molar refractivity (Wildman–Crippen MR) is 76.3 cm³/mol. The average Bonchev–Trinajstić information content (AvgIpc) is 3.02. The van der Waals surface area contributed by atoms with E-state index >= 15 is 0 Å². The second-order valence-corrected chi connectivity index (χ2v) is 6.01. The van der Waals surface area contributed by atoms with Crippen molar-refractivity contribution < 1.29 is 27.4 Å². The summed E-state index contributed by atoms with van der Waals surface area (Å²) < 4.78 is 52.8. The quantitative estimate of drug-likeness (QED) is 0.597. The summed E-state index contributed by atoms with van der Waals surface area (Å²) in [6.45, 7) is -0.448. The summed E-state index contributed by atoms with van der Waals surface area (Å²) >= 11 is 0. The number of esters is 1. The number of benzene rings is 1. The highest BCUT2D eigenvalue weighted by atomic mass is 19.3. The first-order valence-corrected chi connectivity index (χ1v) is 7.13.